The molecule has 3 unspecified atom stereocenters. The average molecular weight is 653 g/mol. The molecule has 2 heterocycles. The Kier molecular flexibility index (Phi) is 9.35. The molecule has 0 fully saturated rings. The molecule has 5 N–H and O–H groups in total. The van der Waals surface area contributed by atoms with Crippen molar-refractivity contribution in [2.75, 3.05) is 25.1 Å². The van der Waals surface area contributed by atoms with Gasteiger partial charge in [0.15, 0.2) is 10.7 Å². The van der Waals surface area contributed by atoms with Gasteiger partial charge in [0, 0.05) is 29.4 Å². The van der Waals surface area contributed by atoms with Crippen LogP contribution in [0.5, 0.6) is 11.5 Å². The van der Waals surface area contributed by atoms with E-state index in [1.165, 1.54) is 12.1 Å². The van der Waals surface area contributed by atoms with Gasteiger partial charge in [0.1, 0.15) is 23.4 Å². The Hall–Kier alpha value is -4.13. The zero-order chi connectivity index (χ0) is 33.3. The lowest BCUT2D eigenvalue weighted by Gasteiger charge is -2.44. The molecule has 246 valence electrons. The third-order valence-electron chi connectivity index (χ3n) is 8.43. The van der Waals surface area contributed by atoms with Crippen molar-refractivity contribution in [2.24, 2.45) is 5.92 Å². The largest absolute Gasteiger partial charge is 0.508 e. The number of fused-ring (bicyclic) bond motifs is 6. The first kappa shape index (κ1) is 33.2. The number of hydrogen-bond donors (Lipinski definition) is 5. The number of carbonyl (C=O) groups is 2. The summed E-state index contributed by atoms with van der Waals surface area (Å²) in [6.07, 6.45) is 5.53. The molecule has 46 heavy (non-hydrogen) atoms. The van der Waals surface area contributed by atoms with Crippen LogP contribution in [0.3, 0.4) is 0 Å². The molecule has 11 nitrogen and oxygen atoms in total. The lowest BCUT2D eigenvalue weighted by molar-refractivity contribution is -0.140. The van der Waals surface area contributed by atoms with Crippen molar-refractivity contribution in [3.8, 4) is 11.5 Å². The van der Waals surface area contributed by atoms with Crippen molar-refractivity contribution in [3.63, 3.8) is 0 Å². The molecule has 0 saturated carbocycles. The van der Waals surface area contributed by atoms with E-state index >= 15 is 0 Å². The molecule has 3 atom stereocenters. The number of allylic oxidation sites excluding steroid dienone is 1. The van der Waals surface area contributed by atoms with Crippen LogP contribution in [-0.2, 0) is 24.6 Å². The number of nitrogens with one attached hydrogen (secondary N) is 2. The predicted octanol–water partition coefficient (Wildman–Crippen LogP) is 5.33. The number of carboxylic acids is 1. The number of carboxylic acid groups (broad SMARTS) is 1. The number of aliphatic hydroxyl groups is 1. The SMILES string of the molecule is CC(C)(CCNC(=S)Nc1ccc2c(c1)C(=O)OC21c2ccc(O)cc2OC2C=C(O)C=CC21)OCCC(C)(C)OCCC(=O)O. The fourth-order valence-corrected chi connectivity index (χ4v) is 6.18. The first-order valence-corrected chi connectivity index (χ1v) is 15.6. The van der Waals surface area contributed by atoms with Crippen LogP contribution in [-0.4, -0.2) is 69.4 Å². The third-order valence-corrected chi connectivity index (χ3v) is 8.68. The minimum Gasteiger partial charge on any atom is -0.508 e. The van der Waals surface area contributed by atoms with Gasteiger partial charge in [-0.15, -0.1) is 0 Å². The van der Waals surface area contributed by atoms with Crippen molar-refractivity contribution >= 4 is 35.0 Å². The van der Waals surface area contributed by atoms with Crippen LogP contribution in [0.15, 0.2) is 60.4 Å². The van der Waals surface area contributed by atoms with Crippen molar-refractivity contribution in [1.29, 1.82) is 0 Å². The van der Waals surface area contributed by atoms with Gasteiger partial charge in [-0.3, -0.25) is 4.79 Å². The number of aromatic hydroxyl groups is 1. The first-order valence-electron chi connectivity index (χ1n) is 15.2. The molecule has 1 spiro atoms. The highest BCUT2D eigenvalue weighted by atomic mass is 32.1. The summed E-state index contributed by atoms with van der Waals surface area (Å²) in [7, 11) is 0. The summed E-state index contributed by atoms with van der Waals surface area (Å²) in [4.78, 5) is 24.1. The number of hydrogen-bond acceptors (Lipinski definition) is 9. The molecule has 12 heteroatoms. The van der Waals surface area contributed by atoms with E-state index in [-0.39, 0.29) is 24.5 Å². The Balaban J connectivity index is 1.20. The van der Waals surface area contributed by atoms with Crippen molar-refractivity contribution in [2.45, 2.75) is 69.9 Å². The van der Waals surface area contributed by atoms with Crippen LogP contribution in [0.25, 0.3) is 0 Å². The van der Waals surface area contributed by atoms with Crippen LogP contribution in [0.1, 0.15) is 68.4 Å². The number of phenolic OH excluding ortho intramolecular Hbond substituents is 1. The van der Waals surface area contributed by atoms with Crippen molar-refractivity contribution in [3.05, 3.63) is 77.1 Å². The van der Waals surface area contributed by atoms with Gasteiger partial charge in [0.2, 0.25) is 0 Å². The van der Waals surface area contributed by atoms with E-state index in [1.807, 2.05) is 39.8 Å². The number of carbonyl (C=O) groups excluding carboxylic acids is 1. The summed E-state index contributed by atoms with van der Waals surface area (Å²) in [5.41, 5.74) is 0.0922. The van der Waals surface area contributed by atoms with Gasteiger partial charge >= 0.3 is 11.9 Å². The maximum atomic E-state index is 13.4. The molecule has 2 aliphatic heterocycles. The molecule has 3 aliphatic rings. The van der Waals surface area contributed by atoms with Gasteiger partial charge < -0.3 is 44.9 Å². The van der Waals surface area contributed by atoms with E-state index < -0.39 is 40.8 Å². The minimum absolute atomic E-state index is 0.00970. The molecule has 0 amide bonds. The topological polar surface area (TPSA) is 156 Å². The van der Waals surface area contributed by atoms with E-state index in [2.05, 4.69) is 10.6 Å². The van der Waals surface area contributed by atoms with Crippen LogP contribution in [0.2, 0.25) is 0 Å². The zero-order valence-corrected chi connectivity index (χ0v) is 27.1. The quantitative estimate of drug-likeness (QED) is 0.149. The molecule has 0 radical (unpaired) electrons. The molecular formula is C34H40N2O9S. The summed E-state index contributed by atoms with van der Waals surface area (Å²) in [6, 6.07) is 10.1. The van der Waals surface area contributed by atoms with Crippen LogP contribution in [0.4, 0.5) is 5.69 Å². The number of ether oxygens (including phenoxy) is 4. The van der Waals surface area contributed by atoms with Gasteiger partial charge in [-0.2, -0.15) is 0 Å². The number of rotatable bonds is 12. The predicted molar refractivity (Wildman–Crippen MR) is 174 cm³/mol. The zero-order valence-electron chi connectivity index (χ0n) is 26.3. The number of phenols is 1. The fraction of sp³-hybridized carbons (Fsp3) is 0.441. The number of benzene rings is 2. The lowest BCUT2D eigenvalue weighted by atomic mass is 9.70. The normalized spacial score (nSPS) is 21.4. The second kappa shape index (κ2) is 12.9. The lowest BCUT2D eigenvalue weighted by Crippen LogP contribution is -2.48. The summed E-state index contributed by atoms with van der Waals surface area (Å²) in [6.45, 7) is 8.95. The van der Waals surface area contributed by atoms with E-state index in [0.717, 1.165) is 0 Å². The van der Waals surface area contributed by atoms with Gasteiger partial charge in [0.05, 0.1) is 42.3 Å². The highest BCUT2D eigenvalue weighted by Gasteiger charge is 2.58. The summed E-state index contributed by atoms with van der Waals surface area (Å²) in [5.74, 6) is -1.42. The van der Waals surface area contributed by atoms with Gasteiger partial charge in [-0.05, 0) is 89.2 Å². The summed E-state index contributed by atoms with van der Waals surface area (Å²) >= 11 is 5.53. The number of anilines is 1. The summed E-state index contributed by atoms with van der Waals surface area (Å²) in [5, 5.41) is 35.8. The van der Waals surface area contributed by atoms with Crippen LogP contribution < -0.4 is 15.4 Å². The molecule has 2 aromatic carbocycles. The van der Waals surface area contributed by atoms with Gasteiger partial charge in [0.25, 0.3) is 0 Å². The molecule has 0 saturated heterocycles. The number of thiocarbonyl (C=S) groups is 1. The third kappa shape index (κ3) is 7.14. The fourth-order valence-electron chi connectivity index (χ4n) is 5.96. The number of esters is 1. The number of aliphatic carboxylic acids is 1. The van der Waals surface area contributed by atoms with Crippen molar-refractivity contribution < 1.29 is 43.9 Å². The Bertz CT molecular complexity index is 1580. The first-order chi connectivity index (χ1) is 21.7. The standard InChI is InChI=1S/C34H40N2O9S/c1-32(2,43-16-13-33(3,4)42-15-11-29(39)40)12-14-35-31(46)36-20-5-8-24-23(17-20)30(41)45-34(24)25-9-6-21(37)18-27(25)44-28-19-22(38)7-10-26(28)34/h5-10,17-19,25,27,37-38H,11-16H2,1-4H3,(H,39,40)(H2,35,36,46). The maximum Gasteiger partial charge on any atom is 0.339 e. The van der Waals surface area contributed by atoms with Crippen LogP contribution >= 0.6 is 12.2 Å². The Labute approximate surface area is 273 Å². The monoisotopic (exact) mass is 652 g/mol. The smallest absolute Gasteiger partial charge is 0.339 e. The molecule has 5 rings (SSSR count). The van der Waals surface area contributed by atoms with Gasteiger partial charge in [-0.25, -0.2) is 4.79 Å². The maximum absolute atomic E-state index is 13.4. The molecule has 1 aliphatic carbocycles. The highest BCUT2D eigenvalue weighted by molar-refractivity contribution is 7.80. The van der Waals surface area contributed by atoms with Crippen molar-refractivity contribution in [1.82, 2.24) is 5.32 Å². The highest BCUT2D eigenvalue weighted by Crippen LogP contribution is 2.56. The van der Waals surface area contributed by atoms with Gasteiger partial charge in [-0.1, -0.05) is 12.1 Å². The second-order valence-electron chi connectivity index (χ2n) is 12.9. The second-order valence-corrected chi connectivity index (χ2v) is 13.3. The van der Waals surface area contributed by atoms with E-state index in [1.54, 1.807) is 30.4 Å². The van der Waals surface area contributed by atoms with E-state index in [9.17, 15) is 19.8 Å². The van der Waals surface area contributed by atoms with E-state index in [0.29, 0.717) is 59.2 Å². The Morgan fingerprint density at radius 1 is 1.02 bits per heavy atom. The summed E-state index contributed by atoms with van der Waals surface area (Å²) < 4.78 is 24.1. The molecule has 0 aromatic heterocycles. The van der Waals surface area contributed by atoms with Crippen LogP contribution in [0, 0.1) is 5.92 Å². The van der Waals surface area contributed by atoms with E-state index in [4.69, 9.17) is 36.3 Å². The Morgan fingerprint density at radius 3 is 2.50 bits per heavy atom. The molecular weight excluding hydrogens is 612 g/mol. The number of aliphatic hydroxyl groups excluding tert-OH is 1. The Morgan fingerprint density at radius 2 is 1.74 bits per heavy atom. The average Bonchev–Trinajstić information content (AvgIpc) is 3.23. The minimum atomic E-state index is -1.21. The molecule has 2 aromatic rings. The molecule has 0 bridgehead atoms.